The van der Waals surface area contributed by atoms with Crippen molar-refractivity contribution in [3.63, 3.8) is 0 Å². The second-order valence-electron chi connectivity index (χ2n) is 5.80. The standard InChI is InChI=1S/C19H18ClN3O3S/c1-23-18(25)16(11-17(24)21-13-8-4-3-7-12(13)20)27-19(23)22-14-9-5-6-10-15(14)26-2/h3-10,16H,11H2,1-2H3,(H,21,24)/t16-/m0/s1. The number of aliphatic imine (C=N–C) groups is 1. The fourth-order valence-electron chi connectivity index (χ4n) is 2.55. The first-order chi connectivity index (χ1) is 13.0. The van der Waals surface area contributed by atoms with Crippen molar-refractivity contribution >= 4 is 51.7 Å². The third-order valence-electron chi connectivity index (χ3n) is 3.96. The van der Waals surface area contributed by atoms with Gasteiger partial charge in [0.2, 0.25) is 11.8 Å². The number of methoxy groups -OCH3 is 1. The molecule has 0 saturated carbocycles. The number of rotatable bonds is 5. The zero-order chi connectivity index (χ0) is 19.4. The number of ether oxygens (including phenoxy) is 1. The molecule has 2 aromatic rings. The lowest BCUT2D eigenvalue weighted by atomic mass is 10.2. The molecule has 0 spiro atoms. The van der Waals surface area contributed by atoms with E-state index in [1.165, 1.54) is 16.7 Å². The highest BCUT2D eigenvalue weighted by Crippen LogP contribution is 2.34. The minimum atomic E-state index is -0.536. The van der Waals surface area contributed by atoms with Crippen molar-refractivity contribution in [2.24, 2.45) is 4.99 Å². The molecule has 3 rings (SSSR count). The molecule has 1 aliphatic heterocycles. The number of benzene rings is 2. The lowest BCUT2D eigenvalue weighted by Gasteiger charge is -2.10. The van der Waals surface area contributed by atoms with Crippen LogP contribution in [0.4, 0.5) is 11.4 Å². The third kappa shape index (κ3) is 4.43. The van der Waals surface area contributed by atoms with E-state index in [1.807, 2.05) is 18.2 Å². The van der Waals surface area contributed by atoms with Gasteiger partial charge in [-0.3, -0.25) is 14.5 Å². The summed E-state index contributed by atoms with van der Waals surface area (Å²) in [6, 6.07) is 14.3. The molecule has 0 unspecified atom stereocenters. The summed E-state index contributed by atoms with van der Waals surface area (Å²) in [6.07, 6.45) is 0.0318. The highest BCUT2D eigenvalue weighted by molar-refractivity contribution is 8.15. The lowest BCUT2D eigenvalue weighted by molar-refractivity contribution is -0.127. The molecule has 0 radical (unpaired) electrons. The minimum absolute atomic E-state index is 0.0318. The Hall–Kier alpha value is -2.51. The molecule has 1 aliphatic rings. The normalized spacial score (nSPS) is 18.0. The summed E-state index contributed by atoms with van der Waals surface area (Å²) < 4.78 is 5.29. The van der Waals surface area contributed by atoms with E-state index in [2.05, 4.69) is 10.3 Å². The first-order valence-corrected chi connectivity index (χ1v) is 9.45. The maximum absolute atomic E-state index is 12.5. The van der Waals surface area contributed by atoms with E-state index < -0.39 is 5.25 Å². The Labute approximate surface area is 166 Å². The number of halogens is 1. The molecule has 1 heterocycles. The highest BCUT2D eigenvalue weighted by atomic mass is 35.5. The van der Waals surface area contributed by atoms with E-state index in [0.29, 0.717) is 27.3 Å². The van der Waals surface area contributed by atoms with Crippen molar-refractivity contribution in [3.05, 3.63) is 53.6 Å². The number of nitrogens with one attached hydrogen (secondary N) is 1. The molecular formula is C19H18ClN3O3S. The predicted molar refractivity (Wildman–Crippen MR) is 109 cm³/mol. The fourth-order valence-corrected chi connectivity index (χ4v) is 3.88. The highest BCUT2D eigenvalue weighted by Gasteiger charge is 2.37. The van der Waals surface area contributed by atoms with Gasteiger partial charge in [-0.15, -0.1) is 0 Å². The van der Waals surface area contributed by atoms with E-state index in [9.17, 15) is 9.59 Å². The summed E-state index contributed by atoms with van der Waals surface area (Å²) in [5.41, 5.74) is 1.15. The van der Waals surface area contributed by atoms with Gasteiger partial charge in [0, 0.05) is 13.5 Å². The Bertz CT molecular complexity index is 903. The molecular weight excluding hydrogens is 386 g/mol. The SMILES string of the molecule is COc1ccccc1N=C1S[C@@H](CC(=O)Nc2ccccc2Cl)C(=O)N1C. The van der Waals surface area contributed by atoms with Crippen LogP contribution >= 0.6 is 23.4 Å². The number of carbonyl (C=O) groups is 2. The Morgan fingerprint density at radius 3 is 2.70 bits per heavy atom. The van der Waals surface area contributed by atoms with E-state index >= 15 is 0 Å². The number of amides is 2. The quantitative estimate of drug-likeness (QED) is 0.820. The summed E-state index contributed by atoms with van der Waals surface area (Å²) >= 11 is 7.31. The van der Waals surface area contributed by atoms with Crippen LogP contribution in [0.25, 0.3) is 0 Å². The average Bonchev–Trinajstić information content (AvgIpc) is 2.92. The van der Waals surface area contributed by atoms with E-state index in [0.717, 1.165) is 0 Å². The largest absolute Gasteiger partial charge is 0.494 e. The number of hydrogen-bond acceptors (Lipinski definition) is 5. The Morgan fingerprint density at radius 1 is 1.26 bits per heavy atom. The topological polar surface area (TPSA) is 71.0 Å². The molecule has 140 valence electrons. The van der Waals surface area contributed by atoms with E-state index in [-0.39, 0.29) is 18.2 Å². The molecule has 1 saturated heterocycles. The first-order valence-electron chi connectivity index (χ1n) is 8.20. The average molecular weight is 404 g/mol. The number of amidine groups is 1. The Kier molecular flexibility index (Phi) is 6.03. The summed E-state index contributed by atoms with van der Waals surface area (Å²) in [7, 11) is 3.22. The van der Waals surface area contributed by atoms with Gasteiger partial charge in [0.25, 0.3) is 0 Å². The Balaban J connectivity index is 1.71. The summed E-state index contributed by atoms with van der Waals surface area (Å²) in [5, 5.41) is 3.18. The maximum Gasteiger partial charge on any atom is 0.242 e. The summed E-state index contributed by atoms with van der Waals surface area (Å²) in [5.74, 6) is 0.176. The van der Waals surface area contributed by atoms with Crippen LogP contribution in [0.1, 0.15) is 6.42 Å². The number of hydrogen-bond donors (Lipinski definition) is 1. The van der Waals surface area contributed by atoms with E-state index in [1.54, 1.807) is 44.5 Å². The van der Waals surface area contributed by atoms with Crippen molar-refractivity contribution < 1.29 is 14.3 Å². The molecule has 0 bridgehead atoms. The van der Waals surface area contributed by atoms with Crippen molar-refractivity contribution in [2.45, 2.75) is 11.7 Å². The number of carbonyl (C=O) groups excluding carboxylic acids is 2. The van der Waals surface area contributed by atoms with Gasteiger partial charge in [0.15, 0.2) is 5.17 Å². The van der Waals surface area contributed by atoms with Crippen LogP contribution < -0.4 is 10.1 Å². The molecule has 2 amide bonds. The van der Waals surface area contributed by atoms with Gasteiger partial charge >= 0.3 is 0 Å². The zero-order valence-corrected chi connectivity index (χ0v) is 16.4. The molecule has 1 atom stereocenters. The van der Waals surface area contributed by atoms with Crippen LogP contribution in [-0.2, 0) is 9.59 Å². The molecule has 2 aromatic carbocycles. The van der Waals surface area contributed by atoms with Crippen molar-refractivity contribution in [3.8, 4) is 5.75 Å². The van der Waals surface area contributed by atoms with Gasteiger partial charge in [0.05, 0.1) is 17.8 Å². The second-order valence-corrected chi connectivity index (χ2v) is 7.38. The molecule has 0 aromatic heterocycles. The minimum Gasteiger partial charge on any atom is -0.494 e. The number of para-hydroxylation sites is 3. The number of thioether (sulfide) groups is 1. The molecule has 8 heteroatoms. The number of anilines is 1. The van der Waals surface area contributed by atoms with Gasteiger partial charge in [0.1, 0.15) is 16.7 Å². The van der Waals surface area contributed by atoms with Crippen LogP contribution in [0.15, 0.2) is 53.5 Å². The van der Waals surface area contributed by atoms with Crippen LogP contribution in [0.3, 0.4) is 0 Å². The zero-order valence-electron chi connectivity index (χ0n) is 14.8. The molecule has 0 aliphatic carbocycles. The molecule has 1 N–H and O–H groups in total. The molecule has 1 fully saturated rings. The predicted octanol–water partition coefficient (Wildman–Crippen LogP) is 3.94. The van der Waals surface area contributed by atoms with Gasteiger partial charge in [-0.05, 0) is 24.3 Å². The van der Waals surface area contributed by atoms with Gasteiger partial charge in [-0.1, -0.05) is 47.6 Å². The van der Waals surface area contributed by atoms with Crippen LogP contribution in [0.5, 0.6) is 5.75 Å². The molecule has 6 nitrogen and oxygen atoms in total. The monoisotopic (exact) mass is 403 g/mol. The van der Waals surface area contributed by atoms with Gasteiger partial charge < -0.3 is 10.1 Å². The fraction of sp³-hybridized carbons (Fsp3) is 0.211. The smallest absolute Gasteiger partial charge is 0.242 e. The second kappa shape index (κ2) is 8.45. The maximum atomic E-state index is 12.5. The number of nitrogens with zero attached hydrogens (tertiary/aromatic N) is 2. The summed E-state index contributed by atoms with van der Waals surface area (Å²) in [6.45, 7) is 0. The van der Waals surface area contributed by atoms with Crippen LogP contribution in [-0.4, -0.2) is 41.3 Å². The van der Waals surface area contributed by atoms with Crippen LogP contribution in [0.2, 0.25) is 5.02 Å². The first kappa shape index (κ1) is 19.3. The van der Waals surface area contributed by atoms with Crippen molar-refractivity contribution in [1.82, 2.24) is 4.90 Å². The third-order valence-corrected chi connectivity index (χ3v) is 5.52. The van der Waals surface area contributed by atoms with Gasteiger partial charge in [-0.2, -0.15) is 0 Å². The summed E-state index contributed by atoms with van der Waals surface area (Å²) in [4.78, 5) is 30.8. The molecule has 27 heavy (non-hydrogen) atoms. The van der Waals surface area contributed by atoms with Crippen molar-refractivity contribution in [2.75, 3.05) is 19.5 Å². The van der Waals surface area contributed by atoms with Crippen molar-refractivity contribution in [1.29, 1.82) is 0 Å². The van der Waals surface area contributed by atoms with Crippen LogP contribution in [0, 0.1) is 0 Å². The Morgan fingerprint density at radius 2 is 1.96 bits per heavy atom. The van der Waals surface area contributed by atoms with Gasteiger partial charge in [-0.25, -0.2) is 4.99 Å². The van der Waals surface area contributed by atoms with E-state index in [4.69, 9.17) is 16.3 Å². The lowest BCUT2D eigenvalue weighted by Crippen LogP contribution is -2.30.